The van der Waals surface area contributed by atoms with Crippen LogP contribution in [0.25, 0.3) is 5.88 Å². The molecule has 1 aliphatic heterocycles. The van der Waals surface area contributed by atoms with Gasteiger partial charge in [0.1, 0.15) is 5.76 Å². The first kappa shape index (κ1) is 10.2. The number of H-pyrrole nitrogens is 1. The lowest BCUT2D eigenvalue weighted by atomic mass is 10.3. The molecule has 6 nitrogen and oxygen atoms in total. The summed E-state index contributed by atoms with van der Waals surface area (Å²) in [6.45, 7) is 3.22. The van der Waals surface area contributed by atoms with Crippen LogP contribution in [0.2, 0.25) is 0 Å². The number of halogens is 1. The summed E-state index contributed by atoms with van der Waals surface area (Å²) in [6.07, 6.45) is -0.799. The van der Waals surface area contributed by atoms with Gasteiger partial charge in [0, 0.05) is 12.3 Å². The van der Waals surface area contributed by atoms with Crippen LogP contribution < -0.4 is 11.2 Å². The molecule has 2 heterocycles. The molecule has 0 fully saturated rings. The molecule has 1 aromatic heterocycles. The second-order valence-corrected chi connectivity index (χ2v) is 3.10. The summed E-state index contributed by atoms with van der Waals surface area (Å²) in [6, 6.07) is 1.04. The van der Waals surface area contributed by atoms with Gasteiger partial charge in [-0.3, -0.25) is 9.78 Å². The smallest absolute Gasteiger partial charge is 0.335 e. The van der Waals surface area contributed by atoms with Crippen LogP contribution in [-0.2, 0) is 4.74 Å². The summed E-state index contributed by atoms with van der Waals surface area (Å²) in [5.74, 6) is -1.46. The standard InChI is InChI=1S/C9H7FN2O4/c1-4-6(10)7(14)8(16-4)12-3-2-5(13)11-9(12)15/h2-3,6,14H,1H2,(H,11,13,15)/t6-/m1/s1. The quantitative estimate of drug-likeness (QED) is 0.711. The first-order chi connectivity index (χ1) is 7.50. The number of aromatic amines is 1. The number of alkyl halides is 1. The zero-order valence-electron chi connectivity index (χ0n) is 7.94. The second kappa shape index (κ2) is 3.37. The van der Waals surface area contributed by atoms with Crippen LogP contribution in [0.15, 0.2) is 39.9 Å². The highest BCUT2D eigenvalue weighted by Gasteiger charge is 2.32. The number of aliphatic hydroxyl groups excluding tert-OH is 1. The molecule has 0 aromatic carbocycles. The zero-order valence-corrected chi connectivity index (χ0v) is 7.94. The molecule has 1 atom stereocenters. The number of ether oxygens (including phenoxy) is 1. The molecule has 0 bridgehead atoms. The van der Waals surface area contributed by atoms with Gasteiger partial charge in [0.15, 0.2) is 5.76 Å². The first-order valence-corrected chi connectivity index (χ1v) is 4.27. The van der Waals surface area contributed by atoms with Crippen molar-refractivity contribution in [3.05, 3.63) is 51.2 Å². The van der Waals surface area contributed by atoms with Crippen molar-refractivity contribution >= 4 is 5.88 Å². The highest BCUT2D eigenvalue weighted by Crippen LogP contribution is 2.29. The summed E-state index contributed by atoms with van der Waals surface area (Å²) < 4.78 is 18.7. The SMILES string of the molecule is C=C1OC(n2ccc(=O)[nH]c2=O)=C(O)[C@@H]1F. The molecule has 0 amide bonds. The molecule has 84 valence electrons. The minimum absolute atomic E-state index is 0.314. The third-order valence-electron chi connectivity index (χ3n) is 2.01. The maximum Gasteiger partial charge on any atom is 0.335 e. The van der Waals surface area contributed by atoms with E-state index >= 15 is 0 Å². The van der Waals surface area contributed by atoms with E-state index in [9.17, 15) is 19.1 Å². The van der Waals surface area contributed by atoms with E-state index in [1.54, 1.807) is 0 Å². The normalized spacial score (nSPS) is 20.1. The molecule has 16 heavy (non-hydrogen) atoms. The monoisotopic (exact) mass is 226 g/mol. The molecular formula is C9H7FN2O4. The number of nitrogens with zero attached hydrogens (tertiary/aromatic N) is 1. The van der Waals surface area contributed by atoms with Crippen molar-refractivity contribution in [1.29, 1.82) is 0 Å². The van der Waals surface area contributed by atoms with Gasteiger partial charge in [-0.1, -0.05) is 6.58 Å². The van der Waals surface area contributed by atoms with E-state index in [4.69, 9.17) is 4.74 Å². The Balaban J connectivity index is 2.59. The fourth-order valence-corrected chi connectivity index (χ4v) is 1.24. The van der Waals surface area contributed by atoms with Crippen molar-refractivity contribution in [3.8, 4) is 0 Å². The predicted octanol–water partition coefficient (Wildman–Crippen LogP) is 0.103. The van der Waals surface area contributed by atoms with E-state index in [-0.39, 0.29) is 5.76 Å². The van der Waals surface area contributed by atoms with E-state index in [0.717, 1.165) is 16.8 Å². The molecule has 0 radical (unpaired) electrons. The van der Waals surface area contributed by atoms with Crippen molar-refractivity contribution in [1.82, 2.24) is 9.55 Å². The third kappa shape index (κ3) is 1.42. The number of aliphatic hydroxyl groups is 1. The Kier molecular flexibility index (Phi) is 2.15. The molecule has 7 heteroatoms. The largest absolute Gasteiger partial charge is 0.504 e. The van der Waals surface area contributed by atoms with Crippen LogP contribution in [0.5, 0.6) is 0 Å². The lowest BCUT2D eigenvalue weighted by Gasteiger charge is -2.04. The Morgan fingerprint density at radius 2 is 2.25 bits per heavy atom. The lowest BCUT2D eigenvalue weighted by Crippen LogP contribution is -2.28. The number of hydrogen-bond acceptors (Lipinski definition) is 4. The van der Waals surface area contributed by atoms with E-state index in [2.05, 4.69) is 6.58 Å². The molecule has 2 rings (SSSR count). The number of hydrogen-bond donors (Lipinski definition) is 2. The average molecular weight is 226 g/mol. The Bertz CT molecular complexity index is 598. The molecule has 1 aliphatic rings. The zero-order chi connectivity index (χ0) is 11.9. The van der Waals surface area contributed by atoms with Crippen LogP contribution in [0.3, 0.4) is 0 Å². The maximum absolute atomic E-state index is 13.1. The minimum atomic E-state index is -1.87. The minimum Gasteiger partial charge on any atom is -0.504 e. The summed E-state index contributed by atoms with van der Waals surface area (Å²) in [5.41, 5.74) is -1.44. The van der Waals surface area contributed by atoms with Crippen molar-refractivity contribution < 1.29 is 14.2 Å². The predicted molar refractivity (Wildman–Crippen MR) is 52.3 cm³/mol. The lowest BCUT2D eigenvalue weighted by molar-refractivity contribution is 0.271. The molecule has 0 saturated heterocycles. The van der Waals surface area contributed by atoms with Crippen LogP contribution in [-0.4, -0.2) is 20.8 Å². The summed E-state index contributed by atoms with van der Waals surface area (Å²) in [7, 11) is 0. The van der Waals surface area contributed by atoms with Crippen LogP contribution >= 0.6 is 0 Å². The number of rotatable bonds is 1. The van der Waals surface area contributed by atoms with Gasteiger partial charge in [-0.15, -0.1) is 0 Å². The van der Waals surface area contributed by atoms with Crippen LogP contribution in [0.1, 0.15) is 0 Å². The van der Waals surface area contributed by atoms with E-state index in [0.29, 0.717) is 0 Å². The van der Waals surface area contributed by atoms with Crippen LogP contribution in [0.4, 0.5) is 4.39 Å². The fraction of sp³-hybridized carbons (Fsp3) is 0.111. The van der Waals surface area contributed by atoms with Gasteiger partial charge < -0.3 is 9.84 Å². The molecule has 0 spiro atoms. The van der Waals surface area contributed by atoms with Crippen molar-refractivity contribution in [3.63, 3.8) is 0 Å². The second-order valence-electron chi connectivity index (χ2n) is 3.10. The summed E-state index contributed by atoms with van der Waals surface area (Å²) in [5, 5.41) is 9.34. The average Bonchev–Trinajstić information content (AvgIpc) is 2.46. The highest BCUT2D eigenvalue weighted by atomic mass is 19.1. The Hall–Kier alpha value is -2.31. The van der Waals surface area contributed by atoms with Gasteiger partial charge in [0.25, 0.3) is 5.56 Å². The summed E-state index contributed by atoms with van der Waals surface area (Å²) in [4.78, 5) is 24.0. The first-order valence-electron chi connectivity index (χ1n) is 4.27. The van der Waals surface area contributed by atoms with Gasteiger partial charge in [0.05, 0.1) is 0 Å². The van der Waals surface area contributed by atoms with E-state index in [1.807, 2.05) is 4.98 Å². The van der Waals surface area contributed by atoms with Gasteiger partial charge in [-0.05, 0) is 0 Å². The fourth-order valence-electron chi connectivity index (χ4n) is 1.24. The Morgan fingerprint density at radius 3 is 2.75 bits per heavy atom. The topological polar surface area (TPSA) is 84.3 Å². The van der Waals surface area contributed by atoms with E-state index in [1.165, 1.54) is 0 Å². The number of aromatic nitrogens is 2. The van der Waals surface area contributed by atoms with Crippen LogP contribution in [0, 0.1) is 0 Å². The molecular weight excluding hydrogens is 219 g/mol. The summed E-state index contributed by atoms with van der Waals surface area (Å²) >= 11 is 0. The highest BCUT2D eigenvalue weighted by molar-refractivity contribution is 5.49. The third-order valence-corrected chi connectivity index (χ3v) is 2.01. The maximum atomic E-state index is 13.1. The van der Waals surface area contributed by atoms with Gasteiger partial charge in [-0.2, -0.15) is 0 Å². The van der Waals surface area contributed by atoms with Gasteiger partial charge >= 0.3 is 5.69 Å². The Morgan fingerprint density at radius 1 is 1.56 bits per heavy atom. The number of nitrogens with one attached hydrogen (secondary N) is 1. The molecule has 2 N–H and O–H groups in total. The van der Waals surface area contributed by atoms with Crippen molar-refractivity contribution in [2.45, 2.75) is 6.17 Å². The molecule has 0 aliphatic carbocycles. The van der Waals surface area contributed by atoms with E-state index < -0.39 is 29.1 Å². The molecule has 0 saturated carbocycles. The van der Waals surface area contributed by atoms with Crippen molar-refractivity contribution in [2.24, 2.45) is 0 Å². The molecule has 0 unspecified atom stereocenters. The molecule has 1 aromatic rings. The Labute approximate surface area is 87.9 Å². The van der Waals surface area contributed by atoms with Gasteiger partial charge in [0.2, 0.25) is 12.1 Å². The van der Waals surface area contributed by atoms with Crippen molar-refractivity contribution in [2.75, 3.05) is 0 Å². The van der Waals surface area contributed by atoms with Gasteiger partial charge in [-0.25, -0.2) is 13.8 Å².